The van der Waals surface area contributed by atoms with E-state index in [1.165, 1.54) is 5.56 Å². The van der Waals surface area contributed by atoms with E-state index < -0.39 is 24.3 Å². The van der Waals surface area contributed by atoms with Crippen LogP contribution in [-0.4, -0.2) is 23.0 Å². The van der Waals surface area contributed by atoms with Crippen LogP contribution in [0.1, 0.15) is 12.0 Å². The Labute approximate surface area is 168 Å². The fraction of sp³-hybridized carbons (Fsp3) is 0.130. The molecule has 0 aromatic heterocycles. The molecule has 0 unspecified atom stereocenters. The summed E-state index contributed by atoms with van der Waals surface area (Å²) in [6.07, 6.45) is -0.421. The van der Waals surface area contributed by atoms with E-state index >= 15 is 0 Å². The van der Waals surface area contributed by atoms with Crippen LogP contribution >= 0.6 is 0 Å². The molecule has 0 heterocycles. The van der Waals surface area contributed by atoms with Crippen LogP contribution in [0.25, 0.3) is 11.1 Å². The Kier molecular flexibility index (Phi) is 6.60. The molecule has 3 aromatic carbocycles. The number of carboxylic acid groups (broad SMARTS) is 1. The van der Waals surface area contributed by atoms with Crippen LogP contribution in [-0.2, 0) is 16.2 Å². The second kappa shape index (κ2) is 9.52. The molecule has 0 radical (unpaired) electrons. The molecule has 3 rings (SSSR count). The molecule has 0 bridgehead atoms. The van der Waals surface area contributed by atoms with Gasteiger partial charge >= 0.3 is 5.97 Å². The largest absolute Gasteiger partial charge is 0.489 e. The van der Waals surface area contributed by atoms with Gasteiger partial charge < -0.3 is 20.9 Å². The lowest BCUT2D eigenvalue weighted by Gasteiger charge is -2.11. The molecule has 0 aliphatic heterocycles. The zero-order valence-corrected chi connectivity index (χ0v) is 15.7. The molecule has 0 aliphatic carbocycles. The van der Waals surface area contributed by atoms with Crippen LogP contribution in [0, 0.1) is 0 Å². The number of rotatable bonds is 8. The third-order valence-electron chi connectivity index (χ3n) is 4.32. The summed E-state index contributed by atoms with van der Waals surface area (Å²) in [6.45, 7) is 0.421. The minimum atomic E-state index is -1.12. The molecule has 0 spiro atoms. The number of hydrogen-bond acceptors (Lipinski definition) is 4. The molecule has 0 saturated heterocycles. The summed E-state index contributed by atoms with van der Waals surface area (Å²) in [5.74, 6) is -1.00. The standard InChI is InChI=1S/C23H22N2O4/c24-21(14-22(26)27)23(28)25-19-10-12-20(13-11-19)29-15-16-6-8-18(9-7-16)17-4-2-1-3-5-17/h1-13,21H,14-15,24H2,(H,25,28)(H,26,27)/t21-/m0/s1. The molecule has 4 N–H and O–H groups in total. The van der Waals surface area contributed by atoms with Gasteiger partial charge in [-0.15, -0.1) is 0 Å². The third kappa shape index (κ3) is 5.92. The van der Waals surface area contributed by atoms with Gasteiger partial charge in [0, 0.05) is 5.69 Å². The molecular formula is C23H22N2O4. The lowest BCUT2D eigenvalue weighted by atomic mass is 10.0. The average molecular weight is 390 g/mol. The van der Waals surface area contributed by atoms with Crippen molar-refractivity contribution in [3.63, 3.8) is 0 Å². The summed E-state index contributed by atoms with van der Waals surface area (Å²) >= 11 is 0. The monoisotopic (exact) mass is 390 g/mol. The molecule has 1 amide bonds. The maximum atomic E-state index is 11.8. The van der Waals surface area contributed by atoms with E-state index in [9.17, 15) is 9.59 Å². The van der Waals surface area contributed by atoms with E-state index in [2.05, 4.69) is 29.6 Å². The van der Waals surface area contributed by atoms with Gasteiger partial charge in [-0.05, 0) is 41.0 Å². The minimum absolute atomic E-state index is 0.421. The molecule has 1 atom stereocenters. The molecule has 0 fully saturated rings. The zero-order valence-electron chi connectivity index (χ0n) is 15.7. The van der Waals surface area contributed by atoms with Crippen molar-refractivity contribution in [2.45, 2.75) is 19.1 Å². The van der Waals surface area contributed by atoms with Crippen LogP contribution in [0.5, 0.6) is 5.75 Å². The zero-order chi connectivity index (χ0) is 20.6. The highest BCUT2D eigenvalue weighted by Gasteiger charge is 2.16. The maximum absolute atomic E-state index is 11.8. The van der Waals surface area contributed by atoms with Crippen molar-refractivity contribution in [1.29, 1.82) is 0 Å². The number of hydrogen-bond donors (Lipinski definition) is 3. The van der Waals surface area contributed by atoms with E-state index in [1.54, 1.807) is 24.3 Å². The van der Waals surface area contributed by atoms with Crippen molar-refractivity contribution < 1.29 is 19.4 Å². The van der Waals surface area contributed by atoms with Crippen molar-refractivity contribution in [1.82, 2.24) is 0 Å². The summed E-state index contributed by atoms with van der Waals surface area (Å²) in [5.41, 5.74) is 9.42. The molecule has 0 aliphatic rings. The van der Waals surface area contributed by atoms with Crippen LogP contribution in [0.3, 0.4) is 0 Å². The number of benzene rings is 3. The quantitative estimate of drug-likeness (QED) is 0.545. The van der Waals surface area contributed by atoms with Gasteiger partial charge in [-0.3, -0.25) is 9.59 Å². The first-order valence-electron chi connectivity index (χ1n) is 9.17. The summed E-state index contributed by atoms with van der Waals surface area (Å²) < 4.78 is 5.78. The normalized spacial score (nSPS) is 11.5. The highest BCUT2D eigenvalue weighted by atomic mass is 16.5. The van der Waals surface area contributed by atoms with Gasteiger partial charge in [0.25, 0.3) is 0 Å². The lowest BCUT2D eigenvalue weighted by molar-refractivity contribution is -0.138. The topological polar surface area (TPSA) is 102 Å². The van der Waals surface area contributed by atoms with E-state index in [-0.39, 0.29) is 0 Å². The first kappa shape index (κ1) is 20.1. The van der Waals surface area contributed by atoms with Crippen molar-refractivity contribution in [3.05, 3.63) is 84.4 Å². The first-order valence-corrected chi connectivity index (χ1v) is 9.17. The Hall–Kier alpha value is -3.64. The Morgan fingerprint density at radius 1 is 0.897 bits per heavy atom. The number of nitrogens with one attached hydrogen (secondary N) is 1. The predicted molar refractivity (Wildman–Crippen MR) is 112 cm³/mol. The fourth-order valence-corrected chi connectivity index (χ4v) is 2.74. The molecule has 29 heavy (non-hydrogen) atoms. The van der Waals surface area contributed by atoms with Crippen LogP contribution in [0.15, 0.2) is 78.9 Å². The van der Waals surface area contributed by atoms with Crippen LogP contribution in [0.2, 0.25) is 0 Å². The highest BCUT2D eigenvalue weighted by molar-refractivity contribution is 5.96. The van der Waals surface area contributed by atoms with Gasteiger partial charge in [0.05, 0.1) is 12.5 Å². The first-order chi connectivity index (χ1) is 14.0. The SMILES string of the molecule is N[C@@H](CC(=O)O)C(=O)Nc1ccc(OCc2ccc(-c3ccccc3)cc2)cc1. The van der Waals surface area contributed by atoms with Crippen molar-refractivity contribution >= 4 is 17.6 Å². The Morgan fingerprint density at radius 2 is 1.52 bits per heavy atom. The van der Waals surface area contributed by atoms with Crippen LogP contribution in [0.4, 0.5) is 5.69 Å². The van der Waals surface area contributed by atoms with Crippen molar-refractivity contribution in [3.8, 4) is 16.9 Å². The van der Waals surface area contributed by atoms with Gasteiger partial charge in [0.2, 0.25) is 5.91 Å². The van der Waals surface area contributed by atoms with E-state index in [1.807, 2.05) is 30.3 Å². The maximum Gasteiger partial charge on any atom is 0.305 e. The summed E-state index contributed by atoms with van der Waals surface area (Å²) in [6, 6.07) is 24.1. The molecule has 6 nitrogen and oxygen atoms in total. The van der Waals surface area contributed by atoms with E-state index in [4.69, 9.17) is 15.6 Å². The van der Waals surface area contributed by atoms with Gasteiger partial charge in [-0.25, -0.2) is 0 Å². The number of nitrogens with two attached hydrogens (primary N) is 1. The summed E-state index contributed by atoms with van der Waals surface area (Å²) in [7, 11) is 0. The second-order valence-electron chi connectivity index (χ2n) is 6.57. The molecule has 148 valence electrons. The van der Waals surface area contributed by atoms with Gasteiger partial charge in [-0.2, -0.15) is 0 Å². The molecule has 6 heteroatoms. The fourth-order valence-electron chi connectivity index (χ4n) is 2.74. The van der Waals surface area contributed by atoms with Crippen molar-refractivity contribution in [2.75, 3.05) is 5.32 Å². The van der Waals surface area contributed by atoms with Gasteiger partial charge in [-0.1, -0.05) is 54.6 Å². The number of anilines is 1. The number of carbonyl (C=O) groups is 2. The molecule has 0 saturated carbocycles. The van der Waals surface area contributed by atoms with Crippen molar-refractivity contribution in [2.24, 2.45) is 5.73 Å². The number of aliphatic carboxylic acids is 1. The second-order valence-corrected chi connectivity index (χ2v) is 6.57. The minimum Gasteiger partial charge on any atom is -0.489 e. The Bertz CT molecular complexity index is 954. The average Bonchev–Trinajstić information content (AvgIpc) is 2.74. The summed E-state index contributed by atoms with van der Waals surface area (Å²) in [5, 5.41) is 11.3. The smallest absolute Gasteiger partial charge is 0.305 e. The molecular weight excluding hydrogens is 368 g/mol. The number of ether oxygens (including phenoxy) is 1. The molecule has 3 aromatic rings. The van der Waals surface area contributed by atoms with E-state index in [0.717, 1.165) is 11.1 Å². The number of amides is 1. The number of carbonyl (C=O) groups excluding carboxylic acids is 1. The Balaban J connectivity index is 1.52. The predicted octanol–water partition coefficient (Wildman–Crippen LogP) is 3.67. The van der Waals surface area contributed by atoms with Gasteiger partial charge in [0.1, 0.15) is 12.4 Å². The van der Waals surface area contributed by atoms with Crippen LogP contribution < -0.4 is 15.8 Å². The highest BCUT2D eigenvalue weighted by Crippen LogP contribution is 2.21. The Morgan fingerprint density at radius 3 is 2.14 bits per heavy atom. The van der Waals surface area contributed by atoms with E-state index in [0.29, 0.717) is 18.0 Å². The summed E-state index contributed by atoms with van der Waals surface area (Å²) in [4.78, 5) is 22.5. The lowest BCUT2D eigenvalue weighted by Crippen LogP contribution is -2.37. The third-order valence-corrected chi connectivity index (χ3v) is 4.32. The van der Waals surface area contributed by atoms with Gasteiger partial charge in [0.15, 0.2) is 0 Å². The number of carboxylic acids is 1.